The maximum absolute atomic E-state index is 5.02. The van der Waals surface area contributed by atoms with E-state index in [2.05, 4.69) is 28.5 Å². The van der Waals surface area contributed by atoms with Crippen LogP contribution in [0.3, 0.4) is 0 Å². The van der Waals surface area contributed by atoms with E-state index in [-0.39, 0.29) is 0 Å². The largest absolute Gasteiger partial charge is 0.385 e. The Balaban J connectivity index is 2.35. The highest BCUT2D eigenvalue weighted by molar-refractivity contribution is 7.09. The molecule has 0 aliphatic carbocycles. The van der Waals surface area contributed by atoms with Gasteiger partial charge in [-0.15, -0.1) is 0 Å². The Labute approximate surface area is 95.2 Å². The van der Waals surface area contributed by atoms with Gasteiger partial charge < -0.3 is 10.1 Å². The minimum absolute atomic E-state index is 0.382. The van der Waals surface area contributed by atoms with Gasteiger partial charge in [-0.3, -0.25) is 0 Å². The number of hydrogen-bond acceptors (Lipinski definition) is 5. The van der Waals surface area contributed by atoms with Gasteiger partial charge in [-0.05, 0) is 19.8 Å². The molecule has 0 fully saturated rings. The molecule has 0 aliphatic rings. The molecule has 5 heteroatoms. The zero-order valence-corrected chi connectivity index (χ0v) is 10.4. The highest BCUT2D eigenvalue weighted by Gasteiger charge is 2.06. The van der Waals surface area contributed by atoms with Crippen molar-refractivity contribution in [2.45, 2.75) is 39.2 Å². The fraction of sp³-hybridized carbons (Fsp3) is 0.800. The highest BCUT2D eigenvalue weighted by Crippen LogP contribution is 2.14. The fourth-order valence-corrected chi connectivity index (χ4v) is 1.94. The Morgan fingerprint density at radius 3 is 3.00 bits per heavy atom. The summed E-state index contributed by atoms with van der Waals surface area (Å²) >= 11 is 1.44. The third-order valence-corrected chi connectivity index (χ3v) is 2.75. The molecule has 1 heterocycles. The van der Waals surface area contributed by atoms with Gasteiger partial charge in [0.1, 0.15) is 5.82 Å². The molecule has 1 atom stereocenters. The number of nitrogens with one attached hydrogen (secondary N) is 1. The fourth-order valence-electron chi connectivity index (χ4n) is 1.22. The van der Waals surface area contributed by atoms with Crippen molar-refractivity contribution >= 4 is 16.7 Å². The van der Waals surface area contributed by atoms with E-state index in [1.165, 1.54) is 11.5 Å². The van der Waals surface area contributed by atoms with E-state index >= 15 is 0 Å². The quantitative estimate of drug-likeness (QED) is 0.779. The SMILES string of the molecule is CCCc1nsc(NC(C)CCOC)n1. The molecule has 4 nitrogen and oxygen atoms in total. The van der Waals surface area contributed by atoms with Crippen molar-refractivity contribution in [1.82, 2.24) is 9.36 Å². The second-order valence-electron chi connectivity index (χ2n) is 3.59. The van der Waals surface area contributed by atoms with Crippen molar-refractivity contribution in [2.75, 3.05) is 19.0 Å². The zero-order valence-electron chi connectivity index (χ0n) is 9.62. The van der Waals surface area contributed by atoms with Gasteiger partial charge in [0.25, 0.3) is 0 Å². The average molecular weight is 229 g/mol. The number of rotatable bonds is 7. The van der Waals surface area contributed by atoms with E-state index in [1.807, 2.05) is 0 Å². The zero-order chi connectivity index (χ0) is 11.1. The standard InChI is InChI=1S/C10H19N3OS/c1-4-5-9-12-10(15-13-9)11-8(2)6-7-14-3/h8H,4-7H2,1-3H3,(H,11,12,13). The normalized spacial score (nSPS) is 12.7. The molecule has 0 radical (unpaired) electrons. The lowest BCUT2D eigenvalue weighted by Gasteiger charge is -2.10. The van der Waals surface area contributed by atoms with Crippen LogP contribution in [0.4, 0.5) is 5.13 Å². The first-order valence-corrected chi connectivity index (χ1v) is 6.11. The Kier molecular flexibility index (Phi) is 5.57. The molecule has 1 aromatic rings. The van der Waals surface area contributed by atoms with Crippen LogP contribution in [0.15, 0.2) is 0 Å². The molecule has 0 spiro atoms. The van der Waals surface area contributed by atoms with Crippen molar-refractivity contribution in [1.29, 1.82) is 0 Å². The average Bonchev–Trinajstić information content (AvgIpc) is 2.63. The van der Waals surface area contributed by atoms with E-state index < -0.39 is 0 Å². The maximum atomic E-state index is 5.02. The summed E-state index contributed by atoms with van der Waals surface area (Å²) in [5, 5.41) is 4.24. The van der Waals surface area contributed by atoms with Gasteiger partial charge in [0, 0.05) is 37.7 Å². The second kappa shape index (κ2) is 6.74. The van der Waals surface area contributed by atoms with Gasteiger partial charge in [0.2, 0.25) is 5.13 Å². The molecule has 15 heavy (non-hydrogen) atoms. The molecule has 1 rings (SSSR count). The minimum Gasteiger partial charge on any atom is -0.385 e. The van der Waals surface area contributed by atoms with Crippen LogP contribution in [0.5, 0.6) is 0 Å². The van der Waals surface area contributed by atoms with Crippen LogP contribution in [0, 0.1) is 0 Å². The number of nitrogens with zero attached hydrogens (tertiary/aromatic N) is 2. The minimum atomic E-state index is 0.382. The lowest BCUT2D eigenvalue weighted by atomic mass is 10.2. The van der Waals surface area contributed by atoms with Gasteiger partial charge in [-0.25, -0.2) is 4.98 Å². The molecule has 1 aromatic heterocycles. The van der Waals surface area contributed by atoms with Crippen LogP contribution < -0.4 is 5.32 Å². The summed E-state index contributed by atoms with van der Waals surface area (Å²) in [4.78, 5) is 4.40. The van der Waals surface area contributed by atoms with Gasteiger partial charge >= 0.3 is 0 Å². The predicted molar refractivity (Wildman–Crippen MR) is 63.5 cm³/mol. The van der Waals surface area contributed by atoms with Crippen LogP contribution in [-0.4, -0.2) is 29.1 Å². The first-order valence-electron chi connectivity index (χ1n) is 5.34. The molecule has 0 aromatic carbocycles. The predicted octanol–water partition coefficient (Wildman–Crippen LogP) is 2.33. The molecule has 0 aliphatic heterocycles. The van der Waals surface area contributed by atoms with Crippen LogP contribution in [0.25, 0.3) is 0 Å². The Morgan fingerprint density at radius 2 is 2.33 bits per heavy atom. The molecular weight excluding hydrogens is 210 g/mol. The molecule has 0 bridgehead atoms. The van der Waals surface area contributed by atoms with Crippen molar-refractivity contribution < 1.29 is 4.74 Å². The number of aromatic nitrogens is 2. The molecule has 0 saturated heterocycles. The van der Waals surface area contributed by atoms with Crippen LogP contribution >= 0.6 is 11.5 Å². The van der Waals surface area contributed by atoms with Crippen molar-refractivity contribution in [3.8, 4) is 0 Å². The number of anilines is 1. The third kappa shape index (κ3) is 4.57. The summed E-state index contributed by atoms with van der Waals surface area (Å²) < 4.78 is 9.30. The van der Waals surface area contributed by atoms with Gasteiger partial charge in [-0.2, -0.15) is 4.37 Å². The first kappa shape index (κ1) is 12.4. The van der Waals surface area contributed by atoms with Crippen LogP contribution in [0.1, 0.15) is 32.5 Å². The monoisotopic (exact) mass is 229 g/mol. The van der Waals surface area contributed by atoms with Crippen molar-refractivity contribution in [3.63, 3.8) is 0 Å². The molecule has 86 valence electrons. The molecule has 1 N–H and O–H groups in total. The summed E-state index contributed by atoms with van der Waals surface area (Å²) in [6.45, 7) is 5.03. The van der Waals surface area contributed by atoms with E-state index in [4.69, 9.17) is 4.74 Å². The highest BCUT2D eigenvalue weighted by atomic mass is 32.1. The smallest absolute Gasteiger partial charge is 0.202 e. The topological polar surface area (TPSA) is 47.0 Å². The first-order chi connectivity index (χ1) is 7.26. The second-order valence-corrected chi connectivity index (χ2v) is 4.34. The van der Waals surface area contributed by atoms with Gasteiger partial charge in [0.15, 0.2) is 0 Å². The van der Waals surface area contributed by atoms with Crippen molar-refractivity contribution in [2.24, 2.45) is 0 Å². The lowest BCUT2D eigenvalue weighted by Crippen LogP contribution is -2.16. The van der Waals surface area contributed by atoms with Crippen LogP contribution in [-0.2, 0) is 11.2 Å². The Hall–Kier alpha value is -0.680. The lowest BCUT2D eigenvalue weighted by molar-refractivity contribution is 0.191. The molecule has 0 saturated carbocycles. The Bertz CT molecular complexity index is 277. The summed E-state index contributed by atoms with van der Waals surface area (Å²) in [6, 6.07) is 0.382. The van der Waals surface area contributed by atoms with Crippen LogP contribution in [0.2, 0.25) is 0 Å². The summed E-state index contributed by atoms with van der Waals surface area (Å²) in [5.74, 6) is 0.948. The number of ether oxygens (including phenoxy) is 1. The Morgan fingerprint density at radius 1 is 1.53 bits per heavy atom. The summed E-state index contributed by atoms with van der Waals surface area (Å²) in [5.41, 5.74) is 0. The molecule has 0 amide bonds. The maximum Gasteiger partial charge on any atom is 0.202 e. The number of hydrogen-bond donors (Lipinski definition) is 1. The third-order valence-electron chi connectivity index (χ3n) is 2.07. The molecule has 1 unspecified atom stereocenters. The van der Waals surface area contributed by atoms with E-state index in [0.717, 1.165) is 36.8 Å². The number of methoxy groups -OCH3 is 1. The van der Waals surface area contributed by atoms with Crippen molar-refractivity contribution in [3.05, 3.63) is 5.82 Å². The summed E-state index contributed by atoms with van der Waals surface area (Å²) in [7, 11) is 1.72. The van der Waals surface area contributed by atoms with Gasteiger partial charge in [-0.1, -0.05) is 6.92 Å². The van der Waals surface area contributed by atoms with E-state index in [0.29, 0.717) is 6.04 Å². The van der Waals surface area contributed by atoms with E-state index in [9.17, 15) is 0 Å². The van der Waals surface area contributed by atoms with E-state index in [1.54, 1.807) is 7.11 Å². The summed E-state index contributed by atoms with van der Waals surface area (Å²) in [6.07, 6.45) is 3.04. The number of aryl methyl sites for hydroxylation is 1. The molecular formula is C10H19N3OS. The van der Waals surface area contributed by atoms with Gasteiger partial charge in [0.05, 0.1) is 0 Å².